The van der Waals surface area contributed by atoms with Crippen molar-refractivity contribution in [3.8, 4) is 0 Å². The number of thiocarbonyl (C=S) groups is 1. The molecule has 0 saturated heterocycles. The fourth-order valence-corrected chi connectivity index (χ4v) is 2.75. The number of hydrogen-bond acceptors (Lipinski definition) is 3. The van der Waals surface area contributed by atoms with E-state index in [-0.39, 0.29) is 22.3 Å². The number of benzene rings is 2. The molecule has 0 radical (unpaired) electrons. The first-order chi connectivity index (χ1) is 13.2. The molecule has 0 heterocycles. The molecule has 28 heavy (non-hydrogen) atoms. The van der Waals surface area contributed by atoms with Gasteiger partial charge in [-0.3, -0.25) is 14.9 Å². The summed E-state index contributed by atoms with van der Waals surface area (Å²) in [5.41, 5.74) is 2.89. The molecule has 0 fully saturated rings. The zero-order chi connectivity index (χ0) is 20.7. The molecule has 0 aliphatic carbocycles. The largest absolute Gasteiger partial charge is 0.352 e. The standard InChI is InChI=1S/C22H27N3O2S/c1-5-13-23-19(26)16-7-6-8-18(14-16)24-21(28)25-20(27)15-9-11-17(12-10-15)22(2,3)4/h6-12,14H,5,13H2,1-4H3,(H,23,26)(H2,24,25,27,28). The van der Waals surface area contributed by atoms with E-state index in [0.717, 1.165) is 12.0 Å². The second-order valence-corrected chi connectivity index (χ2v) is 7.98. The highest BCUT2D eigenvalue weighted by atomic mass is 32.1. The molecule has 2 amide bonds. The lowest BCUT2D eigenvalue weighted by Crippen LogP contribution is -2.34. The third kappa shape index (κ3) is 6.16. The molecule has 0 aliphatic rings. The van der Waals surface area contributed by atoms with Crippen LogP contribution in [-0.4, -0.2) is 23.5 Å². The van der Waals surface area contributed by atoms with Crippen molar-refractivity contribution >= 4 is 34.8 Å². The Balaban J connectivity index is 1.98. The van der Waals surface area contributed by atoms with Crippen molar-refractivity contribution < 1.29 is 9.59 Å². The summed E-state index contributed by atoms with van der Waals surface area (Å²) in [5.74, 6) is -0.422. The highest BCUT2D eigenvalue weighted by Crippen LogP contribution is 2.22. The van der Waals surface area contributed by atoms with Gasteiger partial charge in [0.15, 0.2) is 5.11 Å². The Bertz CT molecular complexity index is 855. The minimum Gasteiger partial charge on any atom is -0.352 e. The Morgan fingerprint density at radius 1 is 0.964 bits per heavy atom. The molecule has 0 bridgehead atoms. The number of carbonyl (C=O) groups is 2. The van der Waals surface area contributed by atoms with Crippen LogP contribution in [0, 0.1) is 0 Å². The van der Waals surface area contributed by atoms with E-state index in [1.807, 2.05) is 19.1 Å². The van der Waals surface area contributed by atoms with Gasteiger partial charge in [0.05, 0.1) is 0 Å². The second kappa shape index (κ2) is 9.46. The predicted molar refractivity (Wildman–Crippen MR) is 118 cm³/mol. The number of hydrogen-bond donors (Lipinski definition) is 3. The molecule has 0 spiro atoms. The van der Waals surface area contributed by atoms with Crippen LogP contribution in [0.1, 0.15) is 60.4 Å². The van der Waals surface area contributed by atoms with E-state index in [1.165, 1.54) is 0 Å². The molecule has 0 unspecified atom stereocenters. The van der Waals surface area contributed by atoms with Crippen molar-refractivity contribution in [3.63, 3.8) is 0 Å². The van der Waals surface area contributed by atoms with E-state index < -0.39 is 0 Å². The van der Waals surface area contributed by atoms with Gasteiger partial charge in [0.2, 0.25) is 0 Å². The smallest absolute Gasteiger partial charge is 0.257 e. The predicted octanol–water partition coefficient (Wildman–Crippen LogP) is 4.25. The minimum atomic E-state index is -0.283. The lowest BCUT2D eigenvalue weighted by atomic mass is 9.87. The number of amides is 2. The van der Waals surface area contributed by atoms with Crippen LogP contribution in [0.15, 0.2) is 48.5 Å². The van der Waals surface area contributed by atoms with Crippen molar-refractivity contribution in [2.75, 3.05) is 11.9 Å². The second-order valence-electron chi connectivity index (χ2n) is 7.57. The van der Waals surface area contributed by atoms with Gasteiger partial charge in [-0.05, 0) is 59.9 Å². The molecule has 148 valence electrons. The summed E-state index contributed by atoms with van der Waals surface area (Å²) in [6.07, 6.45) is 0.872. The number of carbonyl (C=O) groups excluding carboxylic acids is 2. The van der Waals surface area contributed by atoms with E-state index >= 15 is 0 Å². The quantitative estimate of drug-likeness (QED) is 0.660. The van der Waals surface area contributed by atoms with Crippen molar-refractivity contribution in [2.24, 2.45) is 0 Å². The van der Waals surface area contributed by atoms with Crippen LogP contribution in [0.2, 0.25) is 0 Å². The van der Waals surface area contributed by atoms with Crippen LogP contribution in [-0.2, 0) is 5.41 Å². The third-order valence-corrected chi connectivity index (χ3v) is 4.36. The third-order valence-electron chi connectivity index (χ3n) is 4.16. The van der Waals surface area contributed by atoms with E-state index in [4.69, 9.17) is 12.2 Å². The summed E-state index contributed by atoms with van der Waals surface area (Å²) in [5, 5.41) is 8.62. The van der Waals surface area contributed by atoms with Crippen LogP contribution in [0.5, 0.6) is 0 Å². The van der Waals surface area contributed by atoms with Gasteiger partial charge in [-0.1, -0.05) is 45.9 Å². The average Bonchev–Trinajstić information content (AvgIpc) is 2.65. The lowest BCUT2D eigenvalue weighted by Gasteiger charge is -2.19. The van der Waals surface area contributed by atoms with E-state index in [1.54, 1.807) is 36.4 Å². The molecule has 2 rings (SSSR count). The molecule has 2 aromatic carbocycles. The number of anilines is 1. The average molecular weight is 398 g/mol. The van der Waals surface area contributed by atoms with Crippen molar-refractivity contribution in [1.29, 1.82) is 0 Å². The van der Waals surface area contributed by atoms with E-state index in [9.17, 15) is 9.59 Å². The Labute approximate surface area is 171 Å². The van der Waals surface area contributed by atoms with Gasteiger partial charge in [-0.2, -0.15) is 0 Å². The Morgan fingerprint density at radius 2 is 1.64 bits per heavy atom. The number of nitrogens with one attached hydrogen (secondary N) is 3. The van der Waals surface area contributed by atoms with Crippen LogP contribution in [0.3, 0.4) is 0 Å². The SMILES string of the molecule is CCCNC(=O)c1cccc(NC(=S)NC(=O)c2ccc(C(C)(C)C)cc2)c1. The molecule has 0 aliphatic heterocycles. The molecular weight excluding hydrogens is 370 g/mol. The van der Waals surface area contributed by atoms with Gasteiger partial charge in [0.25, 0.3) is 11.8 Å². The van der Waals surface area contributed by atoms with Gasteiger partial charge in [-0.15, -0.1) is 0 Å². The lowest BCUT2D eigenvalue weighted by molar-refractivity contribution is 0.0951. The van der Waals surface area contributed by atoms with Gasteiger partial charge in [0, 0.05) is 23.4 Å². The molecule has 0 aromatic heterocycles. The first kappa shape index (κ1) is 21.6. The Morgan fingerprint density at radius 3 is 2.25 bits per heavy atom. The maximum Gasteiger partial charge on any atom is 0.257 e. The van der Waals surface area contributed by atoms with Crippen molar-refractivity contribution in [2.45, 2.75) is 39.5 Å². The van der Waals surface area contributed by atoms with Crippen molar-refractivity contribution in [1.82, 2.24) is 10.6 Å². The number of rotatable bonds is 5. The highest BCUT2D eigenvalue weighted by molar-refractivity contribution is 7.80. The minimum absolute atomic E-state index is 0.0281. The summed E-state index contributed by atoms with van der Waals surface area (Å²) in [6.45, 7) is 8.99. The van der Waals surface area contributed by atoms with Crippen LogP contribution >= 0.6 is 12.2 Å². The highest BCUT2D eigenvalue weighted by Gasteiger charge is 2.15. The van der Waals surface area contributed by atoms with Gasteiger partial charge >= 0.3 is 0 Å². The topological polar surface area (TPSA) is 70.2 Å². The van der Waals surface area contributed by atoms with Crippen LogP contribution < -0.4 is 16.0 Å². The summed E-state index contributed by atoms with van der Waals surface area (Å²) in [4.78, 5) is 24.5. The molecule has 3 N–H and O–H groups in total. The fraction of sp³-hybridized carbons (Fsp3) is 0.318. The van der Waals surface area contributed by atoms with Crippen LogP contribution in [0.4, 0.5) is 5.69 Å². The molecule has 5 nitrogen and oxygen atoms in total. The first-order valence-electron chi connectivity index (χ1n) is 9.32. The Kier molecular flexibility index (Phi) is 7.29. The van der Waals surface area contributed by atoms with Gasteiger partial charge < -0.3 is 10.6 Å². The zero-order valence-electron chi connectivity index (χ0n) is 16.8. The molecular formula is C22H27N3O2S. The molecule has 6 heteroatoms. The molecule has 2 aromatic rings. The summed E-state index contributed by atoms with van der Waals surface area (Å²) in [6, 6.07) is 14.4. The van der Waals surface area contributed by atoms with Crippen LogP contribution in [0.25, 0.3) is 0 Å². The molecule has 0 saturated carbocycles. The maximum atomic E-state index is 12.4. The normalized spacial score (nSPS) is 10.9. The van der Waals surface area contributed by atoms with E-state index in [0.29, 0.717) is 23.4 Å². The Hall–Kier alpha value is -2.73. The molecule has 0 atom stereocenters. The maximum absolute atomic E-state index is 12.4. The monoisotopic (exact) mass is 397 g/mol. The van der Waals surface area contributed by atoms with Gasteiger partial charge in [0.1, 0.15) is 0 Å². The summed E-state index contributed by atoms with van der Waals surface area (Å²) in [7, 11) is 0. The van der Waals surface area contributed by atoms with E-state index in [2.05, 4.69) is 36.7 Å². The first-order valence-corrected chi connectivity index (χ1v) is 9.72. The van der Waals surface area contributed by atoms with Crippen molar-refractivity contribution in [3.05, 3.63) is 65.2 Å². The zero-order valence-corrected chi connectivity index (χ0v) is 17.6. The summed E-state index contributed by atoms with van der Waals surface area (Å²) >= 11 is 5.23. The summed E-state index contributed by atoms with van der Waals surface area (Å²) < 4.78 is 0. The van der Waals surface area contributed by atoms with Gasteiger partial charge in [-0.25, -0.2) is 0 Å². The fourth-order valence-electron chi connectivity index (χ4n) is 2.54.